The standard InChI is InChI=1S/C15H10ClF5N2O3S/c1-8(22-26-10-3-4-12(17)13(18)7-10)11-6-9(16)2-5-14(11)23-27(24,25)15(19,20)21/h2-7,23H,1H3. The molecule has 146 valence electrons. The molecule has 0 aliphatic heterocycles. The predicted molar refractivity (Wildman–Crippen MR) is 89.2 cm³/mol. The zero-order chi connectivity index (χ0) is 20.4. The molecule has 0 aliphatic rings. The van der Waals surface area contributed by atoms with E-state index in [1.54, 1.807) is 0 Å². The molecule has 12 heteroatoms. The molecule has 0 aliphatic carbocycles. The van der Waals surface area contributed by atoms with Gasteiger partial charge in [0.2, 0.25) is 0 Å². The van der Waals surface area contributed by atoms with Crippen LogP contribution in [0.4, 0.5) is 27.6 Å². The summed E-state index contributed by atoms with van der Waals surface area (Å²) in [4.78, 5) is 4.89. The fourth-order valence-electron chi connectivity index (χ4n) is 1.81. The van der Waals surface area contributed by atoms with Crippen molar-refractivity contribution < 1.29 is 35.2 Å². The van der Waals surface area contributed by atoms with E-state index in [-0.39, 0.29) is 22.0 Å². The summed E-state index contributed by atoms with van der Waals surface area (Å²) in [6.07, 6.45) is 0. The molecule has 27 heavy (non-hydrogen) atoms. The summed E-state index contributed by atoms with van der Waals surface area (Å²) < 4.78 is 87.8. The lowest BCUT2D eigenvalue weighted by Crippen LogP contribution is -2.30. The highest BCUT2D eigenvalue weighted by atomic mass is 35.5. The second kappa shape index (κ2) is 7.69. The number of alkyl halides is 3. The Morgan fingerprint density at radius 2 is 1.78 bits per heavy atom. The van der Waals surface area contributed by atoms with Crippen LogP contribution in [-0.2, 0) is 10.0 Å². The lowest BCUT2D eigenvalue weighted by Gasteiger charge is -2.14. The lowest BCUT2D eigenvalue weighted by atomic mass is 10.1. The largest absolute Gasteiger partial charge is 0.516 e. The summed E-state index contributed by atoms with van der Waals surface area (Å²) in [7, 11) is -5.68. The fraction of sp³-hybridized carbons (Fsp3) is 0.133. The first-order valence-corrected chi connectivity index (χ1v) is 8.82. The van der Waals surface area contributed by atoms with Gasteiger partial charge in [0.05, 0.1) is 11.4 Å². The molecule has 0 radical (unpaired) electrons. The number of rotatable bonds is 5. The van der Waals surface area contributed by atoms with Crippen LogP contribution in [0.3, 0.4) is 0 Å². The first-order valence-electron chi connectivity index (χ1n) is 6.96. The van der Waals surface area contributed by atoms with E-state index >= 15 is 0 Å². The van der Waals surface area contributed by atoms with Crippen molar-refractivity contribution in [3.05, 3.63) is 58.6 Å². The zero-order valence-electron chi connectivity index (χ0n) is 13.3. The first-order chi connectivity index (χ1) is 12.4. The Hall–Kier alpha value is -2.40. The van der Waals surface area contributed by atoms with Crippen LogP contribution in [0.15, 0.2) is 41.6 Å². The minimum Gasteiger partial charge on any atom is -0.357 e. The average molecular weight is 429 g/mol. The number of hydrogen-bond acceptors (Lipinski definition) is 4. The van der Waals surface area contributed by atoms with Crippen molar-refractivity contribution in [2.75, 3.05) is 4.72 Å². The topological polar surface area (TPSA) is 67.8 Å². The predicted octanol–water partition coefficient (Wildman–Crippen LogP) is 4.68. The molecule has 2 aromatic carbocycles. The molecule has 0 atom stereocenters. The highest BCUT2D eigenvalue weighted by molar-refractivity contribution is 7.93. The van der Waals surface area contributed by atoms with E-state index in [9.17, 15) is 30.4 Å². The van der Waals surface area contributed by atoms with Crippen LogP contribution >= 0.6 is 11.6 Å². The summed E-state index contributed by atoms with van der Waals surface area (Å²) in [5.74, 6) is -2.49. The summed E-state index contributed by atoms with van der Waals surface area (Å²) in [6.45, 7) is 1.29. The van der Waals surface area contributed by atoms with E-state index in [4.69, 9.17) is 16.4 Å². The van der Waals surface area contributed by atoms with E-state index in [1.165, 1.54) is 17.7 Å². The Morgan fingerprint density at radius 1 is 1.11 bits per heavy atom. The van der Waals surface area contributed by atoms with Gasteiger partial charge in [-0.15, -0.1) is 0 Å². The van der Waals surface area contributed by atoms with Gasteiger partial charge in [0.25, 0.3) is 0 Å². The molecular formula is C15H10ClF5N2O3S. The minimum atomic E-state index is -5.68. The smallest absolute Gasteiger partial charge is 0.357 e. The Kier molecular flexibility index (Phi) is 5.95. The number of anilines is 1. The molecule has 0 fully saturated rings. The van der Waals surface area contributed by atoms with Gasteiger partial charge >= 0.3 is 15.5 Å². The molecule has 0 amide bonds. The third kappa shape index (κ3) is 5.07. The quantitative estimate of drug-likeness (QED) is 0.427. The molecular weight excluding hydrogens is 419 g/mol. The van der Waals surface area contributed by atoms with Gasteiger partial charge in [0.1, 0.15) is 0 Å². The van der Waals surface area contributed by atoms with Gasteiger partial charge in [-0.05, 0) is 37.3 Å². The third-order valence-electron chi connectivity index (χ3n) is 3.10. The van der Waals surface area contributed by atoms with Crippen LogP contribution in [-0.4, -0.2) is 19.6 Å². The van der Waals surface area contributed by atoms with Crippen molar-refractivity contribution in [2.45, 2.75) is 12.4 Å². The van der Waals surface area contributed by atoms with Crippen LogP contribution in [0.5, 0.6) is 5.75 Å². The number of hydrogen-bond donors (Lipinski definition) is 1. The summed E-state index contributed by atoms with van der Waals surface area (Å²) >= 11 is 5.79. The van der Waals surface area contributed by atoms with Crippen LogP contribution in [0.25, 0.3) is 0 Å². The SMILES string of the molecule is CC(=NOc1ccc(F)c(F)c1)c1cc(Cl)ccc1NS(=O)(=O)C(F)(F)F. The molecule has 0 unspecified atom stereocenters. The van der Waals surface area contributed by atoms with E-state index < -0.39 is 32.9 Å². The lowest BCUT2D eigenvalue weighted by molar-refractivity contribution is -0.0429. The van der Waals surface area contributed by atoms with Crippen LogP contribution in [0.2, 0.25) is 5.02 Å². The third-order valence-corrected chi connectivity index (χ3v) is 4.43. The Labute approximate surface area is 155 Å². The number of sulfonamides is 1. The number of oxime groups is 1. The van der Waals surface area contributed by atoms with Crippen LogP contribution in [0, 0.1) is 11.6 Å². The van der Waals surface area contributed by atoms with E-state index in [0.29, 0.717) is 6.07 Å². The summed E-state index contributed by atoms with van der Waals surface area (Å²) in [5.41, 5.74) is -6.18. The van der Waals surface area contributed by atoms with Gasteiger partial charge in [0, 0.05) is 16.7 Å². The Balaban J connectivity index is 2.36. The Bertz CT molecular complexity index is 993. The molecule has 0 spiro atoms. The van der Waals surface area contributed by atoms with Crippen LogP contribution < -0.4 is 9.56 Å². The maximum Gasteiger partial charge on any atom is 0.516 e. The number of nitrogens with zero attached hydrogens (tertiary/aromatic N) is 1. The zero-order valence-corrected chi connectivity index (χ0v) is 14.9. The highest BCUT2D eigenvalue weighted by Gasteiger charge is 2.46. The minimum absolute atomic E-state index is 0.0814. The molecule has 0 bridgehead atoms. The van der Waals surface area contributed by atoms with Gasteiger partial charge in [-0.25, -0.2) is 8.78 Å². The van der Waals surface area contributed by atoms with E-state index in [1.807, 2.05) is 0 Å². The van der Waals surface area contributed by atoms with E-state index in [2.05, 4.69) is 5.16 Å². The molecule has 1 N–H and O–H groups in total. The molecule has 0 heterocycles. The second-order valence-corrected chi connectivity index (χ2v) is 7.20. The monoisotopic (exact) mass is 428 g/mol. The fourth-order valence-corrected chi connectivity index (χ4v) is 2.57. The molecule has 0 aromatic heterocycles. The van der Waals surface area contributed by atoms with Crippen molar-refractivity contribution in [3.8, 4) is 5.75 Å². The van der Waals surface area contributed by atoms with Crippen LogP contribution in [0.1, 0.15) is 12.5 Å². The first kappa shape index (κ1) is 20.9. The average Bonchev–Trinajstić information content (AvgIpc) is 2.56. The maximum atomic E-state index is 13.1. The summed E-state index contributed by atoms with van der Waals surface area (Å²) in [6, 6.07) is 5.90. The molecule has 0 saturated heterocycles. The van der Waals surface area contributed by atoms with Gasteiger partial charge in [0.15, 0.2) is 17.4 Å². The second-order valence-electron chi connectivity index (χ2n) is 5.09. The van der Waals surface area contributed by atoms with Crippen molar-refractivity contribution in [1.82, 2.24) is 0 Å². The normalized spacial score (nSPS) is 12.8. The van der Waals surface area contributed by atoms with Gasteiger partial charge in [-0.3, -0.25) is 4.72 Å². The molecule has 2 aromatic rings. The van der Waals surface area contributed by atoms with Gasteiger partial charge in [-0.2, -0.15) is 21.6 Å². The summed E-state index contributed by atoms with van der Waals surface area (Å²) in [5, 5.41) is 3.67. The van der Waals surface area contributed by atoms with Gasteiger partial charge < -0.3 is 4.84 Å². The van der Waals surface area contributed by atoms with Gasteiger partial charge in [-0.1, -0.05) is 16.8 Å². The number of halogens is 6. The van der Waals surface area contributed by atoms with Crippen molar-refractivity contribution in [1.29, 1.82) is 0 Å². The van der Waals surface area contributed by atoms with Crippen molar-refractivity contribution in [2.24, 2.45) is 5.16 Å². The van der Waals surface area contributed by atoms with Crippen molar-refractivity contribution in [3.63, 3.8) is 0 Å². The Morgan fingerprint density at radius 3 is 2.37 bits per heavy atom. The number of benzene rings is 2. The highest BCUT2D eigenvalue weighted by Crippen LogP contribution is 2.29. The molecule has 0 saturated carbocycles. The maximum absolute atomic E-state index is 13.1. The molecule has 2 rings (SSSR count). The van der Waals surface area contributed by atoms with Crippen molar-refractivity contribution >= 4 is 33.0 Å². The van der Waals surface area contributed by atoms with E-state index in [0.717, 1.165) is 24.3 Å². The molecule has 5 nitrogen and oxygen atoms in total. The number of nitrogens with one attached hydrogen (secondary N) is 1.